The molecule has 1 N–H and O–H groups in total. The number of carbonyl (C=O) groups excluding carboxylic acids is 1. The lowest BCUT2D eigenvalue weighted by molar-refractivity contribution is -0.117. The van der Waals surface area contributed by atoms with E-state index in [4.69, 9.17) is 11.6 Å². The van der Waals surface area contributed by atoms with Crippen molar-refractivity contribution in [2.45, 2.75) is 4.90 Å². The van der Waals surface area contributed by atoms with Crippen LogP contribution < -0.4 is 5.32 Å². The van der Waals surface area contributed by atoms with Crippen LogP contribution in [0.2, 0.25) is 5.02 Å². The number of sulfonamides is 1. The van der Waals surface area contributed by atoms with Gasteiger partial charge in [-0.25, -0.2) is 17.2 Å². The fourth-order valence-electron chi connectivity index (χ4n) is 2.91. The fourth-order valence-corrected chi connectivity index (χ4v) is 4.82. The zero-order chi connectivity index (χ0) is 20.3. The minimum atomic E-state index is -3.72. The van der Waals surface area contributed by atoms with Crippen molar-refractivity contribution in [2.75, 3.05) is 38.0 Å². The van der Waals surface area contributed by atoms with Gasteiger partial charge >= 0.3 is 0 Å². The number of halogens is 3. The number of anilines is 1. The molecule has 0 aromatic heterocycles. The van der Waals surface area contributed by atoms with Gasteiger partial charge in [0.15, 0.2) is 0 Å². The van der Waals surface area contributed by atoms with Crippen LogP contribution in [0.5, 0.6) is 0 Å². The van der Waals surface area contributed by atoms with E-state index in [1.807, 2.05) is 0 Å². The van der Waals surface area contributed by atoms with Crippen molar-refractivity contribution in [3.63, 3.8) is 0 Å². The first kappa shape index (κ1) is 20.7. The van der Waals surface area contributed by atoms with Gasteiger partial charge in [-0.15, -0.1) is 0 Å². The molecule has 28 heavy (non-hydrogen) atoms. The standard InChI is InChI=1S/C18H18ClF2N3O3S/c19-14-3-1-2-4-17(14)28(26,27)24-9-7-23(8-10-24)12-18(25)22-16-11-13(20)5-6-15(16)21/h1-6,11H,7-10,12H2,(H,22,25). The first-order chi connectivity index (χ1) is 13.3. The predicted octanol–water partition coefficient (Wildman–Crippen LogP) is 2.56. The first-order valence-corrected chi connectivity index (χ1v) is 10.3. The Balaban J connectivity index is 1.57. The second-order valence-electron chi connectivity index (χ2n) is 6.28. The number of nitrogens with zero attached hydrogens (tertiary/aromatic N) is 2. The average molecular weight is 430 g/mol. The van der Waals surface area contributed by atoms with Crippen molar-refractivity contribution in [3.05, 3.63) is 59.1 Å². The van der Waals surface area contributed by atoms with E-state index in [0.717, 1.165) is 18.2 Å². The maximum Gasteiger partial charge on any atom is 0.244 e. The molecule has 0 atom stereocenters. The molecule has 0 radical (unpaired) electrons. The molecule has 0 unspecified atom stereocenters. The van der Waals surface area contributed by atoms with E-state index in [1.54, 1.807) is 17.0 Å². The van der Waals surface area contributed by atoms with Crippen LogP contribution in [0.25, 0.3) is 0 Å². The Morgan fingerprint density at radius 1 is 1.07 bits per heavy atom. The van der Waals surface area contributed by atoms with Gasteiger partial charge in [0.1, 0.15) is 16.5 Å². The Morgan fingerprint density at radius 2 is 1.75 bits per heavy atom. The minimum Gasteiger partial charge on any atom is -0.322 e. The highest BCUT2D eigenvalue weighted by Crippen LogP contribution is 2.25. The maximum atomic E-state index is 13.6. The Morgan fingerprint density at radius 3 is 2.43 bits per heavy atom. The number of hydrogen-bond donors (Lipinski definition) is 1. The highest BCUT2D eigenvalue weighted by molar-refractivity contribution is 7.89. The summed E-state index contributed by atoms with van der Waals surface area (Å²) in [6.07, 6.45) is 0. The summed E-state index contributed by atoms with van der Waals surface area (Å²) in [5.74, 6) is -1.90. The van der Waals surface area contributed by atoms with Crippen molar-refractivity contribution < 1.29 is 22.0 Å². The second kappa shape index (κ2) is 8.52. The maximum absolute atomic E-state index is 13.6. The van der Waals surface area contributed by atoms with Crippen molar-refractivity contribution in [3.8, 4) is 0 Å². The summed E-state index contributed by atoms with van der Waals surface area (Å²) in [7, 11) is -3.72. The zero-order valence-electron chi connectivity index (χ0n) is 14.7. The molecule has 0 saturated carbocycles. The fraction of sp³-hybridized carbons (Fsp3) is 0.278. The van der Waals surface area contributed by atoms with Gasteiger partial charge < -0.3 is 5.32 Å². The van der Waals surface area contributed by atoms with E-state index in [2.05, 4.69) is 5.32 Å². The van der Waals surface area contributed by atoms with Gasteiger partial charge in [0, 0.05) is 32.2 Å². The summed E-state index contributed by atoms with van der Waals surface area (Å²) in [4.78, 5) is 13.9. The SMILES string of the molecule is O=C(CN1CCN(S(=O)(=O)c2ccccc2Cl)CC1)Nc1cc(F)ccc1F. The molecule has 1 fully saturated rings. The Labute approximate surface area is 166 Å². The summed E-state index contributed by atoms with van der Waals surface area (Å²) in [6, 6.07) is 9.02. The van der Waals surface area contributed by atoms with Gasteiger partial charge in [0.2, 0.25) is 15.9 Å². The topological polar surface area (TPSA) is 69.7 Å². The lowest BCUT2D eigenvalue weighted by Crippen LogP contribution is -2.50. The average Bonchev–Trinajstić information content (AvgIpc) is 2.65. The second-order valence-corrected chi connectivity index (χ2v) is 8.60. The number of rotatable bonds is 5. The largest absolute Gasteiger partial charge is 0.322 e. The molecule has 1 aliphatic rings. The van der Waals surface area contributed by atoms with E-state index in [1.165, 1.54) is 16.4 Å². The van der Waals surface area contributed by atoms with Gasteiger partial charge in [-0.05, 0) is 24.3 Å². The summed E-state index contributed by atoms with van der Waals surface area (Å²) < 4.78 is 53.5. The van der Waals surface area contributed by atoms with Crippen molar-refractivity contribution in [2.24, 2.45) is 0 Å². The lowest BCUT2D eigenvalue weighted by atomic mass is 10.3. The van der Waals surface area contributed by atoms with E-state index in [0.29, 0.717) is 13.1 Å². The smallest absolute Gasteiger partial charge is 0.244 e. The molecule has 1 heterocycles. The lowest BCUT2D eigenvalue weighted by Gasteiger charge is -2.33. The zero-order valence-corrected chi connectivity index (χ0v) is 16.3. The van der Waals surface area contributed by atoms with Crippen LogP contribution in [0, 0.1) is 11.6 Å². The van der Waals surface area contributed by atoms with Crippen LogP contribution >= 0.6 is 11.6 Å². The number of nitrogens with one attached hydrogen (secondary N) is 1. The van der Waals surface area contributed by atoms with E-state index in [-0.39, 0.29) is 35.2 Å². The normalized spacial score (nSPS) is 16.1. The first-order valence-electron chi connectivity index (χ1n) is 8.49. The molecule has 150 valence electrons. The number of piperazine rings is 1. The number of benzene rings is 2. The summed E-state index contributed by atoms with van der Waals surface area (Å²) >= 11 is 6.00. The highest BCUT2D eigenvalue weighted by atomic mass is 35.5. The minimum absolute atomic E-state index is 0.0458. The third-order valence-corrected chi connectivity index (χ3v) is 6.75. The van der Waals surface area contributed by atoms with Crippen molar-refractivity contribution >= 4 is 33.2 Å². The molecular weight excluding hydrogens is 412 g/mol. The molecule has 0 aliphatic carbocycles. The molecule has 10 heteroatoms. The van der Waals surface area contributed by atoms with Crippen LogP contribution in [0.1, 0.15) is 0 Å². The molecule has 1 amide bonds. The van der Waals surface area contributed by atoms with E-state index in [9.17, 15) is 22.0 Å². The molecule has 2 aromatic carbocycles. The van der Waals surface area contributed by atoms with E-state index >= 15 is 0 Å². The highest BCUT2D eigenvalue weighted by Gasteiger charge is 2.30. The van der Waals surface area contributed by atoms with E-state index < -0.39 is 27.6 Å². The van der Waals surface area contributed by atoms with Crippen LogP contribution in [0.15, 0.2) is 47.4 Å². The molecular formula is C18H18ClF2N3O3S. The summed E-state index contributed by atoms with van der Waals surface area (Å²) in [5.41, 5.74) is -0.232. The molecule has 0 bridgehead atoms. The third-order valence-electron chi connectivity index (χ3n) is 4.36. The monoisotopic (exact) mass is 429 g/mol. The third kappa shape index (κ3) is 4.67. The molecule has 6 nitrogen and oxygen atoms in total. The number of amides is 1. The van der Waals surface area contributed by atoms with Crippen molar-refractivity contribution in [1.82, 2.24) is 9.21 Å². The summed E-state index contributed by atoms with van der Waals surface area (Å²) in [5, 5.41) is 2.48. The molecule has 1 saturated heterocycles. The Hall–Kier alpha value is -2.07. The van der Waals surface area contributed by atoms with Gasteiger partial charge in [-0.1, -0.05) is 23.7 Å². The number of hydrogen-bond acceptors (Lipinski definition) is 4. The van der Waals surface area contributed by atoms with Crippen molar-refractivity contribution in [1.29, 1.82) is 0 Å². The van der Waals surface area contributed by atoms with Crippen LogP contribution in [0.3, 0.4) is 0 Å². The van der Waals surface area contributed by atoms with Crippen LogP contribution in [-0.2, 0) is 14.8 Å². The quantitative estimate of drug-likeness (QED) is 0.793. The molecule has 3 rings (SSSR count). The Bertz CT molecular complexity index is 980. The molecule has 0 spiro atoms. The predicted molar refractivity (Wildman–Crippen MR) is 102 cm³/mol. The van der Waals surface area contributed by atoms with Gasteiger partial charge in [-0.3, -0.25) is 9.69 Å². The van der Waals surface area contributed by atoms with Gasteiger partial charge in [0.05, 0.1) is 17.3 Å². The van der Waals surface area contributed by atoms with Crippen LogP contribution in [0.4, 0.5) is 14.5 Å². The molecule has 2 aromatic rings. The molecule has 1 aliphatic heterocycles. The number of carbonyl (C=O) groups is 1. The van der Waals surface area contributed by atoms with Crippen LogP contribution in [-0.4, -0.2) is 56.3 Å². The summed E-state index contributed by atoms with van der Waals surface area (Å²) in [6.45, 7) is 0.964. The van der Waals surface area contributed by atoms with Gasteiger partial charge in [-0.2, -0.15) is 4.31 Å². The Kier molecular flexibility index (Phi) is 6.29. The van der Waals surface area contributed by atoms with Gasteiger partial charge in [0.25, 0.3) is 0 Å².